The van der Waals surface area contributed by atoms with E-state index in [1.54, 1.807) is 7.11 Å². The van der Waals surface area contributed by atoms with Crippen LogP contribution in [0.5, 0.6) is 0 Å². The fraction of sp³-hybridized carbons (Fsp3) is 1.00. The molecule has 0 radical (unpaired) electrons. The van der Waals surface area contributed by atoms with Crippen molar-refractivity contribution in [1.29, 1.82) is 0 Å². The average Bonchev–Trinajstić information content (AvgIpc) is 2.34. The normalized spacial score (nSPS) is 27.0. The first-order valence-electron chi connectivity index (χ1n) is 3.66. The van der Waals surface area contributed by atoms with Crippen molar-refractivity contribution in [3.8, 4) is 0 Å². The van der Waals surface area contributed by atoms with E-state index in [2.05, 4.69) is 5.32 Å². The molecule has 1 atom stereocenters. The van der Waals surface area contributed by atoms with Gasteiger partial charge in [-0.15, -0.1) is 0 Å². The SMILES string of the molecule is COCC[C@@H]1CCCN1. The maximum atomic E-state index is 4.96. The van der Waals surface area contributed by atoms with E-state index >= 15 is 0 Å². The molecule has 1 rings (SSSR count). The van der Waals surface area contributed by atoms with Crippen LogP contribution in [0, 0.1) is 0 Å². The number of rotatable bonds is 3. The Morgan fingerprint density at radius 1 is 1.67 bits per heavy atom. The fourth-order valence-electron chi connectivity index (χ4n) is 1.26. The molecule has 1 aliphatic heterocycles. The van der Waals surface area contributed by atoms with Gasteiger partial charge in [0, 0.05) is 19.8 Å². The van der Waals surface area contributed by atoms with E-state index in [9.17, 15) is 0 Å². The summed E-state index contributed by atoms with van der Waals surface area (Å²) in [6, 6.07) is 0.741. The molecule has 0 bridgehead atoms. The summed E-state index contributed by atoms with van der Waals surface area (Å²) in [5, 5.41) is 3.41. The summed E-state index contributed by atoms with van der Waals surface area (Å²) in [5.74, 6) is 0. The topological polar surface area (TPSA) is 21.3 Å². The second kappa shape index (κ2) is 3.85. The molecular formula is C7H15NO. The van der Waals surface area contributed by atoms with Gasteiger partial charge in [-0.25, -0.2) is 0 Å². The maximum absolute atomic E-state index is 4.96. The van der Waals surface area contributed by atoms with E-state index in [0.29, 0.717) is 0 Å². The van der Waals surface area contributed by atoms with E-state index in [4.69, 9.17) is 4.74 Å². The van der Waals surface area contributed by atoms with Crippen LogP contribution in [0.1, 0.15) is 19.3 Å². The maximum Gasteiger partial charge on any atom is 0.0477 e. The van der Waals surface area contributed by atoms with Crippen LogP contribution in [0.4, 0.5) is 0 Å². The second-order valence-corrected chi connectivity index (χ2v) is 2.57. The van der Waals surface area contributed by atoms with E-state index in [1.165, 1.54) is 25.8 Å². The molecule has 1 N–H and O–H groups in total. The van der Waals surface area contributed by atoms with Gasteiger partial charge in [-0.2, -0.15) is 0 Å². The van der Waals surface area contributed by atoms with Crippen molar-refractivity contribution in [2.45, 2.75) is 25.3 Å². The van der Waals surface area contributed by atoms with E-state index in [0.717, 1.165) is 12.6 Å². The molecule has 0 aliphatic carbocycles. The van der Waals surface area contributed by atoms with Crippen molar-refractivity contribution in [2.75, 3.05) is 20.3 Å². The smallest absolute Gasteiger partial charge is 0.0477 e. The van der Waals surface area contributed by atoms with Crippen LogP contribution in [0.25, 0.3) is 0 Å². The van der Waals surface area contributed by atoms with Crippen LogP contribution >= 0.6 is 0 Å². The molecule has 2 heteroatoms. The third-order valence-corrected chi connectivity index (χ3v) is 1.83. The summed E-state index contributed by atoms with van der Waals surface area (Å²) in [5.41, 5.74) is 0. The third-order valence-electron chi connectivity index (χ3n) is 1.83. The van der Waals surface area contributed by atoms with Gasteiger partial charge < -0.3 is 10.1 Å². The summed E-state index contributed by atoms with van der Waals surface area (Å²) in [6.45, 7) is 2.10. The van der Waals surface area contributed by atoms with Crippen LogP contribution in [-0.4, -0.2) is 26.3 Å². The number of hydrogen-bond donors (Lipinski definition) is 1. The molecule has 1 aliphatic rings. The van der Waals surface area contributed by atoms with Crippen LogP contribution in [-0.2, 0) is 4.74 Å². The summed E-state index contributed by atoms with van der Waals surface area (Å²) in [4.78, 5) is 0. The number of hydrogen-bond acceptors (Lipinski definition) is 2. The van der Waals surface area contributed by atoms with Gasteiger partial charge in [-0.1, -0.05) is 0 Å². The molecule has 0 unspecified atom stereocenters. The average molecular weight is 129 g/mol. The Kier molecular flexibility index (Phi) is 3.01. The third kappa shape index (κ3) is 2.33. The van der Waals surface area contributed by atoms with Gasteiger partial charge in [0.05, 0.1) is 0 Å². The predicted molar refractivity (Wildman–Crippen MR) is 37.5 cm³/mol. The van der Waals surface area contributed by atoms with Gasteiger partial charge in [0.15, 0.2) is 0 Å². The highest BCUT2D eigenvalue weighted by atomic mass is 16.5. The Morgan fingerprint density at radius 2 is 2.56 bits per heavy atom. The second-order valence-electron chi connectivity index (χ2n) is 2.57. The van der Waals surface area contributed by atoms with Gasteiger partial charge in [0.25, 0.3) is 0 Å². The summed E-state index contributed by atoms with van der Waals surface area (Å²) in [7, 11) is 1.76. The number of nitrogens with one attached hydrogen (secondary N) is 1. The molecule has 9 heavy (non-hydrogen) atoms. The summed E-state index contributed by atoms with van der Waals surface area (Å²) in [6.07, 6.45) is 3.86. The molecule has 0 amide bonds. The summed E-state index contributed by atoms with van der Waals surface area (Å²) < 4.78 is 4.96. The molecule has 0 spiro atoms. The van der Waals surface area contributed by atoms with E-state index in [1.807, 2.05) is 0 Å². The van der Waals surface area contributed by atoms with Crippen molar-refractivity contribution in [3.63, 3.8) is 0 Å². The molecule has 0 aromatic carbocycles. The van der Waals surface area contributed by atoms with Gasteiger partial charge in [0.2, 0.25) is 0 Å². The zero-order valence-electron chi connectivity index (χ0n) is 6.02. The molecule has 1 fully saturated rings. The molecule has 0 saturated carbocycles. The zero-order chi connectivity index (χ0) is 6.53. The first kappa shape index (κ1) is 7.03. The molecule has 0 aromatic rings. The highest BCUT2D eigenvalue weighted by molar-refractivity contribution is 4.73. The first-order valence-corrected chi connectivity index (χ1v) is 3.66. The van der Waals surface area contributed by atoms with Crippen LogP contribution < -0.4 is 5.32 Å². The predicted octanol–water partition coefficient (Wildman–Crippen LogP) is 0.775. The lowest BCUT2D eigenvalue weighted by Crippen LogP contribution is -2.22. The van der Waals surface area contributed by atoms with Gasteiger partial charge in [0.1, 0.15) is 0 Å². The largest absolute Gasteiger partial charge is 0.385 e. The molecule has 54 valence electrons. The lowest BCUT2D eigenvalue weighted by Gasteiger charge is -2.07. The Morgan fingerprint density at radius 3 is 3.11 bits per heavy atom. The van der Waals surface area contributed by atoms with Crippen molar-refractivity contribution in [1.82, 2.24) is 5.32 Å². The fourth-order valence-corrected chi connectivity index (χ4v) is 1.26. The Bertz CT molecular complexity index is 69.3. The van der Waals surface area contributed by atoms with Crippen LogP contribution in [0.2, 0.25) is 0 Å². The molecule has 1 heterocycles. The van der Waals surface area contributed by atoms with Gasteiger partial charge in [-0.3, -0.25) is 0 Å². The van der Waals surface area contributed by atoms with Crippen LogP contribution in [0.3, 0.4) is 0 Å². The number of ether oxygens (including phenoxy) is 1. The molecule has 1 saturated heterocycles. The van der Waals surface area contributed by atoms with Crippen molar-refractivity contribution < 1.29 is 4.74 Å². The van der Waals surface area contributed by atoms with Gasteiger partial charge in [-0.05, 0) is 25.8 Å². The highest BCUT2D eigenvalue weighted by Gasteiger charge is 2.12. The van der Waals surface area contributed by atoms with Crippen molar-refractivity contribution in [3.05, 3.63) is 0 Å². The minimum Gasteiger partial charge on any atom is -0.385 e. The first-order chi connectivity index (χ1) is 4.43. The molecule has 2 nitrogen and oxygen atoms in total. The standard InChI is InChI=1S/C7H15NO/c1-9-6-4-7-3-2-5-8-7/h7-8H,2-6H2,1H3/t7-/m0/s1. The van der Waals surface area contributed by atoms with Crippen LogP contribution in [0.15, 0.2) is 0 Å². The Hall–Kier alpha value is -0.0800. The molecule has 0 aromatic heterocycles. The molecular weight excluding hydrogens is 114 g/mol. The van der Waals surface area contributed by atoms with Crippen molar-refractivity contribution in [2.24, 2.45) is 0 Å². The van der Waals surface area contributed by atoms with E-state index in [-0.39, 0.29) is 0 Å². The Labute approximate surface area is 56.6 Å². The summed E-state index contributed by atoms with van der Waals surface area (Å²) >= 11 is 0. The Balaban J connectivity index is 1.98. The minimum atomic E-state index is 0.741. The minimum absolute atomic E-state index is 0.741. The highest BCUT2D eigenvalue weighted by Crippen LogP contribution is 2.07. The lowest BCUT2D eigenvalue weighted by molar-refractivity contribution is 0.185. The lowest BCUT2D eigenvalue weighted by atomic mass is 10.2. The van der Waals surface area contributed by atoms with Gasteiger partial charge >= 0.3 is 0 Å². The zero-order valence-corrected chi connectivity index (χ0v) is 6.02. The monoisotopic (exact) mass is 129 g/mol. The van der Waals surface area contributed by atoms with Crippen molar-refractivity contribution >= 4 is 0 Å². The number of methoxy groups -OCH3 is 1. The quantitative estimate of drug-likeness (QED) is 0.608. The van der Waals surface area contributed by atoms with E-state index < -0.39 is 0 Å².